The van der Waals surface area contributed by atoms with E-state index in [2.05, 4.69) is 4.98 Å². The molecule has 1 amide bonds. The van der Waals surface area contributed by atoms with Gasteiger partial charge >= 0.3 is 5.97 Å². The van der Waals surface area contributed by atoms with Crippen molar-refractivity contribution in [1.82, 2.24) is 9.88 Å². The Morgan fingerprint density at radius 2 is 1.83 bits per heavy atom. The van der Waals surface area contributed by atoms with Crippen LogP contribution in [0, 0.1) is 0 Å². The summed E-state index contributed by atoms with van der Waals surface area (Å²) >= 11 is 0. The molecule has 7 nitrogen and oxygen atoms in total. The number of pyridine rings is 1. The van der Waals surface area contributed by atoms with Gasteiger partial charge in [0.1, 0.15) is 5.75 Å². The predicted octanol–water partition coefficient (Wildman–Crippen LogP) is 1.28. The van der Waals surface area contributed by atoms with Crippen LogP contribution in [0.4, 0.5) is 0 Å². The van der Waals surface area contributed by atoms with Gasteiger partial charge in [0.15, 0.2) is 6.04 Å². The molecule has 0 bridgehead atoms. The van der Waals surface area contributed by atoms with Crippen molar-refractivity contribution in [3.63, 3.8) is 0 Å². The van der Waals surface area contributed by atoms with E-state index in [0.717, 1.165) is 4.90 Å². The number of ether oxygens (including phenoxy) is 1. The highest BCUT2D eigenvalue weighted by Crippen LogP contribution is 2.23. The Kier molecular flexibility index (Phi) is 4.80. The van der Waals surface area contributed by atoms with Crippen LogP contribution in [0.15, 0.2) is 47.4 Å². The Morgan fingerprint density at radius 1 is 1.17 bits per heavy atom. The first-order valence-corrected chi connectivity index (χ1v) is 6.76. The van der Waals surface area contributed by atoms with E-state index >= 15 is 0 Å². The topological polar surface area (TPSA) is 99.7 Å². The Labute approximate surface area is 132 Å². The molecular weight excluding hydrogens is 300 g/mol. The van der Waals surface area contributed by atoms with E-state index in [1.54, 1.807) is 24.3 Å². The molecule has 2 aromatic rings. The molecule has 0 aliphatic heterocycles. The highest BCUT2D eigenvalue weighted by Gasteiger charge is 2.29. The lowest BCUT2D eigenvalue weighted by Gasteiger charge is -2.25. The molecule has 7 heteroatoms. The number of rotatable bonds is 5. The van der Waals surface area contributed by atoms with Gasteiger partial charge < -0.3 is 19.7 Å². The van der Waals surface area contributed by atoms with Crippen LogP contribution in [0.1, 0.15) is 22.0 Å². The van der Waals surface area contributed by atoms with Crippen molar-refractivity contribution in [1.29, 1.82) is 0 Å². The van der Waals surface area contributed by atoms with Crippen molar-refractivity contribution in [3.8, 4) is 5.75 Å². The number of hydrogen-bond acceptors (Lipinski definition) is 4. The minimum absolute atomic E-state index is 0.201. The molecule has 2 rings (SSSR count). The first-order valence-electron chi connectivity index (χ1n) is 6.76. The second kappa shape index (κ2) is 6.78. The highest BCUT2D eigenvalue weighted by atomic mass is 16.5. The van der Waals surface area contributed by atoms with E-state index in [9.17, 15) is 19.5 Å². The predicted molar refractivity (Wildman–Crippen MR) is 82.5 cm³/mol. The average Bonchev–Trinajstić information content (AvgIpc) is 2.55. The summed E-state index contributed by atoms with van der Waals surface area (Å²) in [4.78, 5) is 38.6. The third-order valence-corrected chi connectivity index (χ3v) is 3.40. The van der Waals surface area contributed by atoms with Gasteiger partial charge in [-0.3, -0.25) is 9.59 Å². The van der Waals surface area contributed by atoms with Crippen molar-refractivity contribution in [2.24, 2.45) is 0 Å². The van der Waals surface area contributed by atoms with Gasteiger partial charge in [0.25, 0.3) is 5.91 Å². The molecule has 2 N–H and O–H groups in total. The van der Waals surface area contributed by atoms with Crippen molar-refractivity contribution in [3.05, 3.63) is 64.1 Å². The maximum absolute atomic E-state index is 12.4. The number of aromatic amines is 1. The number of nitrogens with one attached hydrogen (secondary N) is 1. The minimum Gasteiger partial charge on any atom is -0.497 e. The van der Waals surface area contributed by atoms with Gasteiger partial charge in [-0.2, -0.15) is 0 Å². The quantitative estimate of drug-likeness (QED) is 0.865. The molecule has 0 fully saturated rings. The van der Waals surface area contributed by atoms with Crippen LogP contribution in [0.2, 0.25) is 0 Å². The summed E-state index contributed by atoms with van der Waals surface area (Å²) in [5, 5.41) is 9.48. The molecule has 23 heavy (non-hydrogen) atoms. The van der Waals surface area contributed by atoms with E-state index in [1.807, 2.05) is 0 Å². The number of amides is 1. The van der Waals surface area contributed by atoms with Crippen LogP contribution < -0.4 is 10.3 Å². The van der Waals surface area contributed by atoms with E-state index < -0.39 is 17.9 Å². The molecule has 1 aromatic heterocycles. The fourth-order valence-electron chi connectivity index (χ4n) is 2.18. The van der Waals surface area contributed by atoms with Gasteiger partial charge in [0.2, 0.25) is 5.56 Å². The molecule has 0 aliphatic rings. The van der Waals surface area contributed by atoms with Gasteiger partial charge in [0.05, 0.1) is 12.7 Å². The van der Waals surface area contributed by atoms with Crippen LogP contribution in [0.25, 0.3) is 0 Å². The summed E-state index contributed by atoms with van der Waals surface area (Å²) in [7, 11) is 2.91. The summed E-state index contributed by atoms with van der Waals surface area (Å²) in [5.74, 6) is -1.08. The standard InChI is InChI=1S/C16H16N2O5/c1-18(15(20)11-5-8-13(19)17-9-11)14(16(21)22)10-3-6-12(23-2)7-4-10/h3-9,14H,1-2H3,(H,17,19)(H,21,22)/t14-/m0/s1. The minimum atomic E-state index is -1.16. The van der Waals surface area contributed by atoms with Crippen LogP contribution in [-0.4, -0.2) is 41.0 Å². The number of likely N-dealkylation sites (N-methyl/N-ethyl adjacent to an activating group) is 1. The zero-order chi connectivity index (χ0) is 17.0. The lowest BCUT2D eigenvalue weighted by Crippen LogP contribution is -2.36. The van der Waals surface area contributed by atoms with E-state index in [-0.39, 0.29) is 11.1 Å². The fraction of sp³-hybridized carbons (Fsp3) is 0.188. The summed E-state index contributed by atoms with van der Waals surface area (Å²) < 4.78 is 5.04. The summed E-state index contributed by atoms with van der Waals surface area (Å²) in [6.45, 7) is 0. The Balaban J connectivity index is 2.32. The number of aromatic nitrogens is 1. The third kappa shape index (κ3) is 3.57. The SMILES string of the molecule is COc1ccc([C@@H](C(=O)O)N(C)C(=O)c2ccc(=O)[nH]c2)cc1. The number of methoxy groups -OCH3 is 1. The monoisotopic (exact) mass is 316 g/mol. The number of benzene rings is 1. The summed E-state index contributed by atoms with van der Waals surface area (Å²) in [6, 6.07) is 7.85. The molecule has 120 valence electrons. The van der Waals surface area contributed by atoms with Crippen LogP contribution in [0.3, 0.4) is 0 Å². The molecule has 0 aliphatic carbocycles. The molecule has 0 saturated heterocycles. The van der Waals surface area contributed by atoms with Crippen LogP contribution in [-0.2, 0) is 4.79 Å². The zero-order valence-corrected chi connectivity index (χ0v) is 12.6. The number of carbonyl (C=O) groups is 2. The number of carboxylic acid groups (broad SMARTS) is 1. The lowest BCUT2D eigenvalue weighted by atomic mass is 10.0. The second-order valence-corrected chi connectivity index (χ2v) is 4.87. The van der Waals surface area contributed by atoms with Crippen molar-refractivity contribution in [2.45, 2.75) is 6.04 Å². The van der Waals surface area contributed by atoms with Crippen molar-refractivity contribution < 1.29 is 19.4 Å². The Bertz CT molecular complexity index is 746. The van der Waals surface area contributed by atoms with Crippen LogP contribution >= 0.6 is 0 Å². The highest BCUT2D eigenvalue weighted by molar-refractivity contribution is 5.96. The second-order valence-electron chi connectivity index (χ2n) is 4.87. The maximum Gasteiger partial charge on any atom is 0.331 e. The van der Waals surface area contributed by atoms with Crippen molar-refractivity contribution >= 4 is 11.9 Å². The van der Waals surface area contributed by atoms with E-state index in [1.165, 1.54) is 32.5 Å². The molecule has 0 radical (unpaired) electrons. The molecular formula is C16H16N2O5. The first-order chi connectivity index (χ1) is 10.9. The molecule has 0 spiro atoms. The van der Waals surface area contributed by atoms with E-state index in [4.69, 9.17) is 4.74 Å². The van der Waals surface area contributed by atoms with Gasteiger partial charge in [-0.05, 0) is 23.8 Å². The summed E-state index contributed by atoms with van der Waals surface area (Å²) in [6.07, 6.45) is 1.26. The molecule has 1 atom stereocenters. The first kappa shape index (κ1) is 16.3. The Morgan fingerprint density at radius 3 is 2.30 bits per heavy atom. The molecule has 0 saturated carbocycles. The molecule has 1 heterocycles. The molecule has 1 aromatic carbocycles. The van der Waals surface area contributed by atoms with Gasteiger partial charge in [0, 0.05) is 19.3 Å². The van der Waals surface area contributed by atoms with Gasteiger partial charge in [-0.1, -0.05) is 12.1 Å². The zero-order valence-electron chi connectivity index (χ0n) is 12.6. The smallest absolute Gasteiger partial charge is 0.331 e. The normalized spacial score (nSPS) is 11.6. The third-order valence-electron chi connectivity index (χ3n) is 3.40. The number of H-pyrrole nitrogens is 1. The largest absolute Gasteiger partial charge is 0.497 e. The van der Waals surface area contributed by atoms with E-state index in [0.29, 0.717) is 11.3 Å². The average molecular weight is 316 g/mol. The number of nitrogens with zero attached hydrogens (tertiary/aromatic N) is 1. The van der Waals surface area contributed by atoms with Gasteiger partial charge in [-0.15, -0.1) is 0 Å². The Hall–Kier alpha value is -3.09. The van der Waals surface area contributed by atoms with Gasteiger partial charge in [-0.25, -0.2) is 4.79 Å². The van der Waals surface area contributed by atoms with Crippen molar-refractivity contribution in [2.75, 3.05) is 14.2 Å². The number of carbonyl (C=O) groups excluding carboxylic acids is 1. The summed E-state index contributed by atoms with van der Waals surface area (Å²) in [5.41, 5.74) is 0.305. The number of hydrogen-bond donors (Lipinski definition) is 2. The number of carboxylic acids is 1. The maximum atomic E-state index is 12.4. The lowest BCUT2D eigenvalue weighted by molar-refractivity contribution is -0.142. The van der Waals surface area contributed by atoms with Crippen LogP contribution in [0.5, 0.6) is 5.75 Å². The fourth-order valence-corrected chi connectivity index (χ4v) is 2.18. The molecule has 0 unspecified atom stereocenters. The number of aliphatic carboxylic acids is 1.